The van der Waals surface area contributed by atoms with E-state index in [0.717, 1.165) is 37.6 Å². The molecule has 1 N–H and O–H groups in total. The van der Waals surface area contributed by atoms with Crippen molar-refractivity contribution in [3.05, 3.63) is 16.9 Å². The van der Waals surface area contributed by atoms with Crippen molar-refractivity contribution in [3.63, 3.8) is 0 Å². The highest BCUT2D eigenvalue weighted by Gasteiger charge is 2.18. The molecule has 1 saturated heterocycles. The Kier molecular flexibility index (Phi) is 5.03. The van der Waals surface area contributed by atoms with Crippen LogP contribution in [0.2, 0.25) is 5.02 Å². The molecule has 0 saturated carbocycles. The van der Waals surface area contributed by atoms with Crippen molar-refractivity contribution in [2.45, 2.75) is 25.8 Å². The Bertz CT molecular complexity index is 369. The number of nitrogens with zero attached hydrogens (tertiary/aromatic N) is 3. The minimum absolute atomic E-state index is 0.700. The summed E-state index contributed by atoms with van der Waals surface area (Å²) in [6.45, 7) is 4.17. The van der Waals surface area contributed by atoms with Crippen LogP contribution in [0.3, 0.4) is 0 Å². The number of hydrogen-bond acceptors (Lipinski definition) is 3. The first-order chi connectivity index (χ1) is 8.66. The molecule has 1 aromatic heterocycles. The first-order valence-electron chi connectivity index (χ1n) is 6.72. The Labute approximate surface area is 114 Å². The Morgan fingerprint density at radius 2 is 2.39 bits per heavy atom. The fourth-order valence-corrected chi connectivity index (χ4v) is 2.67. The number of nitrogens with one attached hydrogen (secondary N) is 1. The molecule has 2 heterocycles. The highest BCUT2D eigenvalue weighted by Crippen LogP contribution is 2.22. The fourth-order valence-electron chi connectivity index (χ4n) is 2.45. The van der Waals surface area contributed by atoms with Crippen molar-refractivity contribution in [3.8, 4) is 0 Å². The molecular formula is C13H23ClN4. The van der Waals surface area contributed by atoms with E-state index in [4.69, 9.17) is 11.6 Å². The van der Waals surface area contributed by atoms with Crippen molar-refractivity contribution in [2.24, 2.45) is 5.92 Å². The molecule has 5 heteroatoms. The summed E-state index contributed by atoms with van der Waals surface area (Å²) >= 11 is 6.26. The maximum absolute atomic E-state index is 6.26. The van der Waals surface area contributed by atoms with Crippen LogP contribution >= 0.6 is 11.6 Å². The van der Waals surface area contributed by atoms with Gasteiger partial charge in [-0.15, -0.1) is 0 Å². The lowest BCUT2D eigenvalue weighted by atomic mass is 9.94. The molecule has 0 spiro atoms. The summed E-state index contributed by atoms with van der Waals surface area (Å²) in [6.07, 6.45) is 5.39. The molecule has 2 rings (SSSR count). The lowest BCUT2D eigenvalue weighted by Crippen LogP contribution is -2.31. The largest absolute Gasteiger partial charge is 0.316 e. The SMILES string of the molecule is CN(C)CCn1ncc(Cl)c1CC1CCCNC1. The van der Waals surface area contributed by atoms with Crippen LogP contribution in [-0.4, -0.2) is 48.4 Å². The van der Waals surface area contributed by atoms with Crippen molar-refractivity contribution < 1.29 is 0 Å². The molecule has 0 amide bonds. The highest BCUT2D eigenvalue weighted by atomic mass is 35.5. The average Bonchev–Trinajstić information content (AvgIpc) is 2.70. The van der Waals surface area contributed by atoms with E-state index < -0.39 is 0 Å². The quantitative estimate of drug-likeness (QED) is 0.883. The Hall–Kier alpha value is -0.580. The summed E-state index contributed by atoms with van der Waals surface area (Å²) in [7, 11) is 4.16. The van der Waals surface area contributed by atoms with E-state index in [0.29, 0.717) is 5.92 Å². The second-order valence-corrected chi connectivity index (χ2v) is 5.79. The molecule has 0 aliphatic carbocycles. The van der Waals surface area contributed by atoms with Crippen LogP contribution in [0, 0.1) is 5.92 Å². The number of aromatic nitrogens is 2. The summed E-state index contributed by atoms with van der Waals surface area (Å²) in [6, 6.07) is 0. The maximum atomic E-state index is 6.26. The van der Waals surface area contributed by atoms with Gasteiger partial charge in [-0.3, -0.25) is 4.68 Å². The lowest BCUT2D eigenvalue weighted by Gasteiger charge is -2.23. The van der Waals surface area contributed by atoms with E-state index in [1.54, 1.807) is 6.20 Å². The molecule has 1 aliphatic heterocycles. The first-order valence-corrected chi connectivity index (χ1v) is 7.10. The van der Waals surface area contributed by atoms with Crippen molar-refractivity contribution in [1.29, 1.82) is 0 Å². The molecular weight excluding hydrogens is 248 g/mol. The molecule has 1 atom stereocenters. The van der Waals surface area contributed by atoms with Gasteiger partial charge in [0.2, 0.25) is 0 Å². The van der Waals surface area contributed by atoms with Crippen LogP contribution in [0.5, 0.6) is 0 Å². The second-order valence-electron chi connectivity index (χ2n) is 5.38. The van der Waals surface area contributed by atoms with Gasteiger partial charge in [0.15, 0.2) is 0 Å². The van der Waals surface area contributed by atoms with Crippen molar-refractivity contribution >= 4 is 11.6 Å². The van der Waals surface area contributed by atoms with E-state index in [-0.39, 0.29) is 0 Å². The number of piperidine rings is 1. The molecule has 1 aliphatic rings. The topological polar surface area (TPSA) is 33.1 Å². The molecule has 1 fully saturated rings. The number of likely N-dealkylation sites (N-methyl/N-ethyl adjacent to an activating group) is 1. The molecule has 18 heavy (non-hydrogen) atoms. The molecule has 1 aromatic rings. The van der Waals surface area contributed by atoms with Crippen LogP contribution < -0.4 is 5.32 Å². The Morgan fingerprint density at radius 1 is 1.56 bits per heavy atom. The van der Waals surface area contributed by atoms with Crippen LogP contribution in [0.25, 0.3) is 0 Å². The predicted molar refractivity (Wildman–Crippen MR) is 75.1 cm³/mol. The van der Waals surface area contributed by atoms with Crippen LogP contribution in [0.4, 0.5) is 0 Å². The summed E-state index contributed by atoms with van der Waals surface area (Å²) < 4.78 is 2.07. The van der Waals surface area contributed by atoms with E-state index in [9.17, 15) is 0 Å². The van der Waals surface area contributed by atoms with Gasteiger partial charge in [0.25, 0.3) is 0 Å². The summed E-state index contributed by atoms with van der Waals surface area (Å²) in [5, 5.41) is 8.67. The van der Waals surface area contributed by atoms with Gasteiger partial charge in [-0.05, 0) is 52.4 Å². The van der Waals surface area contributed by atoms with Crippen molar-refractivity contribution in [2.75, 3.05) is 33.7 Å². The zero-order valence-electron chi connectivity index (χ0n) is 11.3. The van der Waals surface area contributed by atoms with Gasteiger partial charge in [-0.25, -0.2) is 0 Å². The third-order valence-electron chi connectivity index (χ3n) is 3.54. The fraction of sp³-hybridized carbons (Fsp3) is 0.769. The summed E-state index contributed by atoms with van der Waals surface area (Å²) in [4.78, 5) is 2.17. The van der Waals surface area contributed by atoms with E-state index >= 15 is 0 Å². The molecule has 1 unspecified atom stereocenters. The Balaban J connectivity index is 1.99. The molecule has 102 valence electrons. The third-order valence-corrected chi connectivity index (χ3v) is 3.85. The van der Waals surface area contributed by atoms with Gasteiger partial charge in [0.05, 0.1) is 23.5 Å². The first kappa shape index (κ1) is 13.8. The van der Waals surface area contributed by atoms with E-state index in [1.165, 1.54) is 18.5 Å². The maximum Gasteiger partial charge on any atom is 0.0817 e. The van der Waals surface area contributed by atoms with Crippen LogP contribution in [0.1, 0.15) is 18.5 Å². The number of hydrogen-bond donors (Lipinski definition) is 1. The minimum Gasteiger partial charge on any atom is -0.316 e. The molecule has 0 aromatic carbocycles. The van der Waals surface area contributed by atoms with Crippen LogP contribution in [0.15, 0.2) is 6.20 Å². The molecule has 0 bridgehead atoms. The zero-order valence-corrected chi connectivity index (χ0v) is 12.1. The Morgan fingerprint density at radius 3 is 3.06 bits per heavy atom. The lowest BCUT2D eigenvalue weighted by molar-refractivity contribution is 0.349. The van der Waals surface area contributed by atoms with Gasteiger partial charge in [-0.2, -0.15) is 5.10 Å². The van der Waals surface area contributed by atoms with Gasteiger partial charge < -0.3 is 10.2 Å². The highest BCUT2D eigenvalue weighted by molar-refractivity contribution is 6.31. The normalized spacial score (nSPS) is 20.6. The number of rotatable bonds is 5. The monoisotopic (exact) mass is 270 g/mol. The van der Waals surface area contributed by atoms with Gasteiger partial charge >= 0.3 is 0 Å². The van der Waals surface area contributed by atoms with Crippen LogP contribution in [-0.2, 0) is 13.0 Å². The minimum atomic E-state index is 0.700. The number of halogens is 1. The van der Waals surface area contributed by atoms with Gasteiger partial charge in [0, 0.05) is 6.54 Å². The summed E-state index contributed by atoms with van der Waals surface area (Å²) in [5.74, 6) is 0.700. The zero-order chi connectivity index (χ0) is 13.0. The van der Waals surface area contributed by atoms with Gasteiger partial charge in [-0.1, -0.05) is 11.6 Å². The molecule has 0 radical (unpaired) electrons. The standard InChI is InChI=1S/C13H23ClN4/c1-17(2)6-7-18-13(12(14)10-16-18)8-11-4-3-5-15-9-11/h10-11,15H,3-9H2,1-2H3. The van der Waals surface area contributed by atoms with Crippen molar-refractivity contribution in [1.82, 2.24) is 20.0 Å². The third kappa shape index (κ3) is 3.70. The summed E-state index contributed by atoms with van der Waals surface area (Å²) in [5.41, 5.74) is 1.20. The smallest absolute Gasteiger partial charge is 0.0817 e. The van der Waals surface area contributed by atoms with E-state index in [1.807, 2.05) is 0 Å². The average molecular weight is 271 g/mol. The predicted octanol–water partition coefficient (Wildman–Crippen LogP) is 1.64. The second kappa shape index (κ2) is 6.55. The van der Waals surface area contributed by atoms with Gasteiger partial charge in [0.1, 0.15) is 0 Å². The van der Waals surface area contributed by atoms with E-state index in [2.05, 4.69) is 34.1 Å². The molecule has 4 nitrogen and oxygen atoms in total.